The molecule has 0 saturated heterocycles. The molecule has 106 valence electrons. The van der Waals surface area contributed by atoms with E-state index in [4.69, 9.17) is 5.73 Å². The van der Waals surface area contributed by atoms with Crippen LogP contribution in [0.3, 0.4) is 0 Å². The molecule has 0 unspecified atom stereocenters. The smallest absolute Gasteiger partial charge is 0.253 e. The molecule has 2 aromatic carbocycles. The van der Waals surface area contributed by atoms with Crippen LogP contribution in [-0.2, 0) is 0 Å². The predicted octanol–water partition coefficient (Wildman–Crippen LogP) is 3.29. The summed E-state index contributed by atoms with van der Waals surface area (Å²) in [5, 5.41) is 5.03. The Morgan fingerprint density at radius 1 is 1.25 bits per heavy atom. The molecule has 0 aliphatic heterocycles. The molecule has 0 saturated carbocycles. The fourth-order valence-electron chi connectivity index (χ4n) is 1.92. The van der Waals surface area contributed by atoms with Crippen LogP contribution in [0.15, 0.2) is 36.4 Å². The Balaban J connectivity index is 2.24. The van der Waals surface area contributed by atoms with E-state index in [0.29, 0.717) is 17.8 Å². The Bertz CT molecular complexity index is 637. The van der Waals surface area contributed by atoms with E-state index in [0.717, 1.165) is 10.8 Å². The largest absolute Gasteiger partial charge is 0.398 e. The SMILES string of the molecule is CSC(C)(C)CNC(=O)c1cc2ccccc2cc1N. The van der Waals surface area contributed by atoms with Crippen molar-refractivity contribution in [2.24, 2.45) is 0 Å². The van der Waals surface area contributed by atoms with Crippen molar-refractivity contribution in [2.75, 3.05) is 18.5 Å². The van der Waals surface area contributed by atoms with Crippen LogP contribution in [0, 0.1) is 0 Å². The van der Waals surface area contributed by atoms with E-state index in [-0.39, 0.29) is 10.7 Å². The summed E-state index contributed by atoms with van der Waals surface area (Å²) in [4.78, 5) is 12.3. The summed E-state index contributed by atoms with van der Waals surface area (Å²) in [5.74, 6) is -0.115. The van der Waals surface area contributed by atoms with Crippen LogP contribution < -0.4 is 11.1 Å². The van der Waals surface area contributed by atoms with E-state index < -0.39 is 0 Å². The van der Waals surface area contributed by atoms with Crippen molar-refractivity contribution in [3.63, 3.8) is 0 Å². The normalized spacial score (nSPS) is 11.6. The van der Waals surface area contributed by atoms with Crippen LogP contribution >= 0.6 is 11.8 Å². The number of hydrogen-bond acceptors (Lipinski definition) is 3. The summed E-state index contributed by atoms with van der Waals surface area (Å²) in [6, 6.07) is 11.6. The summed E-state index contributed by atoms with van der Waals surface area (Å²) in [6.45, 7) is 4.81. The standard InChI is InChI=1S/C16H20N2OS/c1-16(2,20-3)10-18-15(19)13-8-11-6-4-5-7-12(11)9-14(13)17/h4-9H,10,17H2,1-3H3,(H,18,19). The van der Waals surface area contributed by atoms with E-state index in [9.17, 15) is 4.79 Å². The number of nitrogens with one attached hydrogen (secondary N) is 1. The molecule has 0 atom stereocenters. The van der Waals surface area contributed by atoms with Crippen molar-refractivity contribution < 1.29 is 4.79 Å². The van der Waals surface area contributed by atoms with Gasteiger partial charge in [0.25, 0.3) is 5.91 Å². The number of hydrogen-bond donors (Lipinski definition) is 2. The molecule has 20 heavy (non-hydrogen) atoms. The van der Waals surface area contributed by atoms with Gasteiger partial charge in [-0.3, -0.25) is 4.79 Å². The topological polar surface area (TPSA) is 55.1 Å². The number of nitrogens with two attached hydrogens (primary N) is 1. The van der Waals surface area contributed by atoms with Gasteiger partial charge < -0.3 is 11.1 Å². The molecule has 0 aliphatic rings. The molecule has 0 bridgehead atoms. The summed E-state index contributed by atoms with van der Waals surface area (Å²) in [7, 11) is 0. The molecule has 0 heterocycles. The third-order valence-corrected chi connectivity index (χ3v) is 4.64. The fourth-order valence-corrected chi connectivity index (χ4v) is 2.13. The Morgan fingerprint density at radius 3 is 2.45 bits per heavy atom. The summed E-state index contributed by atoms with van der Waals surface area (Å²) in [6.07, 6.45) is 2.04. The molecule has 0 radical (unpaired) electrons. The first kappa shape index (κ1) is 14.7. The highest BCUT2D eigenvalue weighted by Crippen LogP contribution is 2.23. The molecule has 1 amide bonds. The van der Waals surface area contributed by atoms with Gasteiger partial charge in [-0.15, -0.1) is 0 Å². The van der Waals surface area contributed by atoms with Gasteiger partial charge in [0.2, 0.25) is 0 Å². The van der Waals surface area contributed by atoms with Crippen molar-refractivity contribution in [2.45, 2.75) is 18.6 Å². The number of benzene rings is 2. The number of fused-ring (bicyclic) bond motifs is 1. The first-order valence-electron chi connectivity index (χ1n) is 6.54. The zero-order chi connectivity index (χ0) is 14.8. The van der Waals surface area contributed by atoms with Crippen LogP contribution in [0.5, 0.6) is 0 Å². The summed E-state index contributed by atoms with van der Waals surface area (Å²) < 4.78 is 0.0151. The molecule has 2 aromatic rings. The Morgan fingerprint density at radius 2 is 1.85 bits per heavy atom. The van der Waals surface area contributed by atoms with E-state index in [2.05, 4.69) is 19.2 Å². The van der Waals surface area contributed by atoms with Gasteiger partial charge in [-0.1, -0.05) is 24.3 Å². The van der Waals surface area contributed by atoms with Gasteiger partial charge in [0.05, 0.1) is 5.56 Å². The summed E-state index contributed by atoms with van der Waals surface area (Å²) >= 11 is 1.73. The molecule has 3 nitrogen and oxygen atoms in total. The molecule has 0 aromatic heterocycles. The van der Waals surface area contributed by atoms with Crippen molar-refractivity contribution >= 4 is 34.1 Å². The van der Waals surface area contributed by atoms with Crippen LogP contribution in [0.2, 0.25) is 0 Å². The van der Waals surface area contributed by atoms with Gasteiger partial charge in [-0.25, -0.2) is 0 Å². The van der Waals surface area contributed by atoms with Crippen molar-refractivity contribution in [3.8, 4) is 0 Å². The zero-order valence-corrected chi connectivity index (χ0v) is 12.9. The molecule has 4 heteroatoms. The van der Waals surface area contributed by atoms with Crippen LogP contribution in [0.1, 0.15) is 24.2 Å². The minimum atomic E-state index is -0.115. The maximum Gasteiger partial charge on any atom is 0.253 e. The number of thioether (sulfide) groups is 1. The number of amides is 1. The Labute approximate surface area is 123 Å². The second kappa shape index (κ2) is 5.75. The fraction of sp³-hybridized carbons (Fsp3) is 0.312. The van der Waals surface area contributed by atoms with Crippen molar-refractivity contribution in [1.29, 1.82) is 0 Å². The lowest BCUT2D eigenvalue weighted by molar-refractivity contribution is 0.0952. The van der Waals surface area contributed by atoms with Gasteiger partial charge in [0.15, 0.2) is 0 Å². The maximum atomic E-state index is 12.3. The third kappa shape index (κ3) is 3.25. The average molecular weight is 288 g/mol. The average Bonchev–Trinajstić information content (AvgIpc) is 2.44. The highest BCUT2D eigenvalue weighted by molar-refractivity contribution is 7.99. The third-order valence-electron chi connectivity index (χ3n) is 3.39. The quantitative estimate of drug-likeness (QED) is 0.849. The number of carbonyl (C=O) groups is 1. The highest BCUT2D eigenvalue weighted by atomic mass is 32.2. The minimum Gasteiger partial charge on any atom is -0.398 e. The van der Waals surface area contributed by atoms with Gasteiger partial charge in [0.1, 0.15) is 0 Å². The van der Waals surface area contributed by atoms with Gasteiger partial charge in [-0.2, -0.15) is 11.8 Å². The predicted molar refractivity (Wildman–Crippen MR) is 88.3 cm³/mol. The second-order valence-electron chi connectivity index (χ2n) is 5.43. The maximum absolute atomic E-state index is 12.3. The van der Waals surface area contributed by atoms with Crippen LogP contribution in [-0.4, -0.2) is 23.5 Å². The molecule has 0 fully saturated rings. The molecule has 3 N–H and O–H groups in total. The Hall–Kier alpha value is -1.68. The van der Waals surface area contributed by atoms with E-state index in [1.54, 1.807) is 11.8 Å². The van der Waals surface area contributed by atoms with Gasteiger partial charge >= 0.3 is 0 Å². The number of carbonyl (C=O) groups excluding carboxylic acids is 1. The van der Waals surface area contributed by atoms with Gasteiger partial charge in [0, 0.05) is 17.0 Å². The zero-order valence-electron chi connectivity index (χ0n) is 12.1. The highest BCUT2D eigenvalue weighted by Gasteiger charge is 2.18. The number of anilines is 1. The molecular weight excluding hydrogens is 268 g/mol. The number of nitrogen functional groups attached to an aromatic ring is 1. The lowest BCUT2D eigenvalue weighted by atomic mass is 10.0. The molecule has 2 rings (SSSR count). The van der Waals surface area contributed by atoms with Crippen molar-refractivity contribution in [1.82, 2.24) is 5.32 Å². The van der Waals surface area contributed by atoms with Crippen LogP contribution in [0.4, 0.5) is 5.69 Å². The van der Waals surface area contributed by atoms with E-state index >= 15 is 0 Å². The first-order valence-corrected chi connectivity index (χ1v) is 7.77. The molecular formula is C16H20N2OS. The second-order valence-corrected chi connectivity index (χ2v) is 6.95. The molecule has 0 spiro atoms. The van der Waals surface area contributed by atoms with Crippen LogP contribution in [0.25, 0.3) is 10.8 Å². The lowest BCUT2D eigenvalue weighted by Crippen LogP contribution is -2.36. The van der Waals surface area contributed by atoms with Crippen molar-refractivity contribution in [3.05, 3.63) is 42.0 Å². The number of rotatable bonds is 4. The first-order chi connectivity index (χ1) is 9.43. The Kier molecular flexibility index (Phi) is 4.23. The minimum absolute atomic E-state index is 0.0151. The summed E-state index contributed by atoms with van der Waals surface area (Å²) in [5.41, 5.74) is 7.05. The van der Waals surface area contributed by atoms with E-state index in [1.165, 1.54) is 0 Å². The molecule has 0 aliphatic carbocycles. The van der Waals surface area contributed by atoms with Gasteiger partial charge in [-0.05, 0) is 43.0 Å². The lowest BCUT2D eigenvalue weighted by Gasteiger charge is -2.22. The monoisotopic (exact) mass is 288 g/mol. The van der Waals surface area contributed by atoms with E-state index in [1.807, 2.05) is 42.7 Å².